The highest BCUT2D eigenvalue weighted by Crippen LogP contribution is 2.61. The number of fused-ring (bicyclic) bond motifs is 2. The summed E-state index contributed by atoms with van der Waals surface area (Å²) >= 11 is 0. The number of nitrogens with one attached hydrogen (secondary N) is 2. The molecule has 2 aliphatic heterocycles. The molecular weight excluding hydrogens is 719 g/mol. The zero-order valence-electron chi connectivity index (χ0n) is 35.8. The Labute approximate surface area is 341 Å². The standard InChI is InChI=1S/C46H69N5O6/c1-10-30-13-12-20-50(8)35(17-16-30)18-19-47-44(54)33-21-32(22-36(23-33)49(6)7)37-15-11-14-31(43(37)56-9)26-51-42(41(29(3)53)40(27-52)57-51)45(55)48-39-25-34-24-38(28(39)2)46(34,4)5/h11-15,21-23,28-30,34-35,38-42,52-53H,10,16-20,24-27H2,1-9H3,(H,47,54)(H,48,55)/b13-12-/t28-,29-,30?,34+,35?,38-,39-,40-,41-,42-/m0/s1. The zero-order valence-corrected chi connectivity index (χ0v) is 35.8. The molecule has 2 heterocycles. The smallest absolute Gasteiger partial charge is 0.251 e. The second-order valence-electron chi connectivity index (χ2n) is 18.2. The number of rotatable bonds is 14. The highest BCUT2D eigenvalue weighted by Gasteiger charge is 2.57. The van der Waals surface area contributed by atoms with Crippen molar-refractivity contribution in [3.63, 3.8) is 0 Å². The van der Waals surface area contributed by atoms with Gasteiger partial charge in [-0.1, -0.05) is 58.0 Å². The van der Waals surface area contributed by atoms with Crippen LogP contribution in [-0.2, 0) is 16.2 Å². The fourth-order valence-electron chi connectivity index (χ4n) is 10.4. The van der Waals surface area contributed by atoms with Crippen LogP contribution in [0, 0.1) is 35.0 Å². The van der Waals surface area contributed by atoms with Gasteiger partial charge in [0.15, 0.2) is 0 Å². The molecule has 0 radical (unpaired) electrons. The Morgan fingerprint density at radius 3 is 2.56 bits per heavy atom. The molecule has 0 spiro atoms. The summed E-state index contributed by atoms with van der Waals surface area (Å²) in [5.41, 5.74) is 4.12. The number of likely N-dealkylation sites (N-methyl/N-ethyl adjacent to an activating group) is 1. The lowest BCUT2D eigenvalue weighted by Crippen LogP contribution is -2.62. The first-order chi connectivity index (χ1) is 27.2. The number of hydroxylamine groups is 2. The van der Waals surface area contributed by atoms with Gasteiger partial charge in [0, 0.05) is 67.6 Å². The molecule has 3 saturated carbocycles. The number of amides is 2. The number of aliphatic hydroxyl groups excluding tert-OH is 2. The molecule has 11 nitrogen and oxygen atoms in total. The molecule has 4 N–H and O–H groups in total. The van der Waals surface area contributed by atoms with E-state index in [4.69, 9.17) is 9.57 Å². The predicted molar refractivity (Wildman–Crippen MR) is 226 cm³/mol. The van der Waals surface area contributed by atoms with E-state index in [0.29, 0.717) is 47.6 Å². The van der Waals surface area contributed by atoms with Gasteiger partial charge in [0.2, 0.25) is 5.91 Å². The minimum absolute atomic E-state index is 0.0425. The molecule has 10 atom stereocenters. The number of benzene rings is 2. The highest BCUT2D eigenvalue weighted by molar-refractivity contribution is 5.97. The van der Waals surface area contributed by atoms with Gasteiger partial charge < -0.3 is 30.5 Å². The number of hydrogen-bond donors (Lipinski definition) is 4. The molecule has 2 aromatic rings. The maximum absolute atomic E-state index is 14.3. The van der Waals surface area contributed by atoms with Crippen molar-refractivity contribution >= 4 is 17.5 Å². The van der Waals surface area contributed by atoms with Crippen LogP contribution in [0.2, 0.25) is 0 Å². The third-order valence-electron chi connectivity index (χ3n) is 14.3. The van der Waals surface area contributed by atoms with E-state index in [-0.39, 0.29) is 36.4 Å². The van der Waals surface area contributed by atoms with Crippen molar-refractivity contribution in [1.82, 2.24) is 20.6 Å². The van der Waals surface area contributed by atoms with Gasteiger partial charge in [-0.15, -0.1) is 0 Å². The average Bonchev–Trinajstić information content (AvgIpc) is 3.56. The molecule has 314 valence electrons. The first kappa shape index (κ1) is 43.1. The Kier molecular flexibility index (Phi) is 13.8. The van der Waals surface area contributed by atoms with Gasteiger partial charge >= 0.3 is 0 Å². The number of para-hydroxylation sites is 1. The van der Waals surface area contributed by atoms with E-state index in [9.17, 15) is 19.8 Å². The summed E-state index contributed by atoms with van der Waals surface area (Å²) in [7, 11) is 7.71. The van der Waals surface area contributed by atoms with Gasteiger partial charge in [0.25, 0.3) is 5.91 Å². The number of anilines is 1. The fraction of sp³-hybridized carbons (Fsp3) is 0.652. The molecule has 2 unspecified atom stereocenters. The molecule has 5 aliphatic rings. The van der Waals surface area contributed by atoms with Crippen molar-refractivity contribution in [2.24, 2.45) is 35.0 Å². The van der Waals surface area contributed by atoms with E-state index in [1.54, 1.807) is 19.1 Å². The summed E-state index contributed by atoms with van der Waals surface area (Å²) in [6, 6.07) is 11.4. The predicted octanol–water partition coefficient (Wildman–Crippen LogP) is 5.89. The molecule has 3 aliphatic carbocycles. The van der Waals surface area contributed by atoms with Crippen LogP contribution in [0.4, 0.5) is 5.69 Å². The SMILES string of the molecule is CCC1/C=C\CN(C)C(CCNC(=O)c2cc(-c3cccc(CN4O[C@@H](CO)[C@H]([C@H](C)O)[C@H]4C(=O)N[C@H]4C[C@H]5C[C@@H]([C@@H]4C)C5(C)C)c3OC)cc(N(C)C)c2)CC1. The maximum atomic E-state index is 14.3. The van der Waals surface area contributed by atoms with E-state index in [0.717, 1.165) is 61.0 Å². The summed E-state index contributed by atoms with van der Waals surface area (Å²) in [5.74, 6) is 1.74. The Morgan fingerprint density at radius 1 is 1.14 bits per heavy atom. The van der Waals surface area contributed by atoms with E-state index in [1.165, 1.54) is 6.42 Å². The van der Waals surface area contributed by atoms with Crippen LogP contribution in [0.5, 0.6) is 5.75 Å². The van der Waals surface area contributed by atoms with Crippen molar-refractivity contribution < 1.29 is 29.4 Å². The number of ether oxygens (including phenoxy) is 1. The first-order valence-electron chi connectivity index (χ1n) is 21.3. The monoisotopic (exact) mass is 788 g/mol. The van der Waals surface area contributed by atoms with E-state index in [1.807, 2.05) is 55.4 Å². The van der Waals surface area contributed by atoms with E-state index >= 15 is 0 Å². The normalized spacial score (nSPS) is 31.0. The first-order valence-corrected chi connectivity index (χ1v) is 21.3. The molecule has 0 aromatic heterocycles. The van der Waals surface area contributed by atoms with Crippen LogP contribution in [0.3, 0.4) is 0 Å². The molecule has 2 amide bonds. The summed E-state index contributed by atoms with van der Waals surface area (Å²) < 4.78 is 6.11. The summed E-state index contributed by atoms with van der Waals surface area (Å²) in [5, 5.41) is 29.5. The van der Waals surface area contributed by atoms with Crippen LogP contribution in [0.1, 0.15) is 89.1 Å². The lowest BCUT2D eigenvalue weighted by atomic mass is 9.45. The summed E-state index contributed by atoms with van der Waals surface area (Å²) in [6.45, 7) is 12.2. The molecule has 57 heavy (non-hydrogen) atoms. The second kappa shape index (κ2) is 18.2. The number of allylic oxidation sites excluding steroid dienone is 1. The van der Waals surface area contributed by atoms with Crippen molar-refractivity contribution in [1.29, 1.82) is 0 Å². The number of carbonyl (C=O) groups is 2. The second-order valence-corrected chi connectivity index (χ2v) is 18.2. The van der Waals surface area contributed by atoms with Crippen LogP contribution in [-0.4, -0.2) is 110 Å². The van der Waals surface area contributed by atoms with Crippen LogP contribution in [0.25, 0.3) is 11.1 Å². The van der Waals surface area contributed by atoms with E-state index in [2.05, 4.69) is 62.4 Å². The quantitative estimate of drug-likeness (QED) is 0.174. The van der Waals surface area contributed by atoms with Crippen LogP contribution >= 0.6 is 0 Å². The number of nitrogens with zero attached hydrogens (tertiary/aromatic N) is 3. The molecule has 2 aromatic carbocycles. The molecule has 2 bridgehead atoms. The molecule has 1 saturated heterocycles. The van der Waals surface area contributed by atoms with Crippen molar-refractivity contribution in [2.75, 3.05) is 52.8 Å². The molecular formula is C46H69N5O6. The third-order valence-corrected chi connectivity index (χ3v) is 14.3. The lowest BCUT2D eigenvalue weighted by molar-refractivity contribution is -0.183. The van der Waals surface area contributed by atoms with Gasteiger partial charge in [0.05, 0.1) is 26.4 Å². The van der Waals surface area contributed by atoms with E-state index < -0.39 is 24.2 Å². The fourth-order valence-corrected chi connectivity index (χ4v) is 10.4. The largest absolute Gasteiger partial charge is 0.496 e. The average molecular weight is 788 g/mol. The Morgan fingerprint density at radius 2 is 1.91 bits per heavy atom. The minimum Gasteiger partial charge on any atom is -0.496 e. The Bertz CT molecular complexity index is 1750. The van der Waals surface area contributed by atoms with Crippen molar-refractivity contribution in [3.8, 4) is 16.9 Å². The molecule has 4 fully saturated rings. The van der Waals surface area contributed by atoms with Crippen LogP contribution < -0.4 is 20.3 Å². The van der Waals surface area contributed by atoms with Gasteiger partial charge in [0.1, 0.15) is 17.9 Å². The molecule has 7 rings (SSSR count). The number of methoxy groups -OCH3 is 1. The van der Waals surface area contributed by atoms with Crippen LogP contribution in [0.15, 0.2) is 48.6 Å². The zero-order chi connectivity index (χ0) is 41.2. The van der Waals surface area contributed by atoms with Gasteiger partial charge in [-0.2, -0.15) is 5.06 Å². The minimum atomic E-state index is -0.895. The third kappa shape index (κ3) is 9.08. The number of carbonyl (C=O) groups excluding carboxylic acids is 2. The lowest BCUT2D eigenvalue weighted by Gasteiger charge is -2.62. The van der Waals surface area contributed by atoms with Gasteiger partial charge in [-0.25, -0.2) is 0 Å². The Hall–Kier alpha value is -3.48. The number of hydrogen-bond acceptors (Lipinski definition) is 9. The number of aliphatic hydroxyl groups is 2. The van der Waals surface area contributed by atoms with Crippen molar-refractivity contribution in [2.45, 2.75) is 110 Å². The van der Waals surface area contributed by atoms with Gasteiger partial charge in [-0.3, -0.25) is 19.3 Å². The summed E-state index contributed by atoms with van der Waals surface area (Å²) in [6.07, 6.45) is 9.43. The highest BCUT2D eigenvalue weighted by atomic mass is 16.7. The van der Waals surface area contributed by atoms with Gasteiger partial charge in [-0.05, 0) is 105 Å². The Balaban J connectivity index is 1.22. The maximum Gasteiger partial charge on any atom is 0.251 e. The summed E-state index contributed by atoms with van der Waals surface area (Å²) in [4.78, 5) is 38.7. The topological polar surface area (TPSA) is 127 Å². The van der Waals surface area contributed by atoms with Crippen molar-refractivity contribution in [3.05, 3.63) is 59.7 Å². The molecule has 11 heteroatoms.